The van der Waals surface area contributed by atoms with Gasteiger partial charge in [-0.05, 0) is 36.6 Å². The molecule has 84 valence electrons. The molecule has 0 spiro atoms. The molecule has 2 unspecified atom stereocenters. The third-order valence-electron chi connectivity index (χ3n) is 2.71. The summed E-state index contributed by atoms with van der Waals surface area (Å²) in [6.45, 7) is 2.80. The van der Waals surface area contributed by atoms with Gasteiger partial charge in [0.2, 0.25) is 0 Å². The molecule has 0 saturated heterocycles. The molecule has 1 aromatic rings. The number of benzene rings is 1. The van der Waals surface area contributed by atoms with Crippen molar-refractivity contribution in [3.8, 4) is 5.75 Å². The van der Waals surface area contributed by atoms with Crippen LogP contribution in [0.4, 0.5) is 0 Å². The van der Waals surface area contributed by atoms with Gasteiger partial charge in [0, 0.05) is 6.04 Å². The van der Waals surface area contributed by atoms with Crippen LogP contribution in [0.1, 0.15) is 24.9 Å². The van der Waals surface area contributed by atoms with Gasteiger partial charge in [-0.25, -0.2) is 0 Å². The van der Waals surface area contributed by atoms with Gasteiger partial charge in [-0.3, -0.25) is 0 Å². The molecule has 0 saturated carbocycles. The van der Waals surface area contributed by atoms with Gasteiger partial charge in [-0.15, -0.1) is 0 Å². The van der Waals surface area contributed by atoms with Crippen LogP contribution in [0.15, 0.2) is 24.3 Å². The van der Waals surface area contributed by atoms with Gasteiger partial charge in [0.1, 0.15) is 5.75 Å². The minimum absolute atomic E-state index is 0.0312. The van der Waals surface area contributed by atoms with Crippen LogP contribution < -0.4 is 16.2 Å². The summed E-state index contributed by atoms with van der Waals surface area (Å²) in [6, 6.07) is 7.92. The summed E-state index contributed by atoms with van der Waals surface area (Å²) in [5, 5.41) is 0. The summed E-state index contributed by atoms with van der Waals surface area (Å²) >= 11 is 0. The number of rotatable bonds is 5. The zero-order valence-corrected chi connectivity index (χ0v) is 9.44. The van der Waals surface area contributed by atoms with E-state index in [1.54, 1.807) is 7.11 Å². The van der Waals surface area contributed by atoms with Crippen molar-refractivity contribution in [3.05, 3.63) is 29.8 Å². The fraction of sp³-hybridized carbons (Fsp3) is 0.500. The first-order valence-corrected chi connectivity index (χ1v) is 5.28. The Labute approximate surface area is 91.4 Å². The maximum atomic E-state index is 6.14. The predicted octanol–water partition coefficient (Wildman–Crippen LogP) is 1.68. The number of hydrogen-bond acceptors (Lipinski definition) is 3. The topological polar surface area (TPSA) is 61.3 Å². The lowest BCUT2D eigenvalue weighted by atomic mass is 9.93. The highest BCUT2D eigenvalue weighted by Crippen LogP contribution is 2.24. The van der Waals surface area contributed by atoms with Crippen LogP contribution in [0.25, 0.3) is 0 Å². The van der Waals surface area contributed by atoms with E-state index in [4.69, 9.17) is 16.2 Å². The van der Waals surface area contributed by atoms with Gasteiger partial charge >= 0.3 is 0 Å². The molecule has 4 N–H and O–H groups in total. The first-order chi connectivity index (χ1) is 7.19. The van der Waals surface area contributed by atoms with Gasteiger partial charge in [0.25, 0.3) is 0 Å². The Balaban J connectivity index is 2.76. The summed E-state index contributed by atoms with van der Waals surface area (Å²) < 4.78 is 5.16. The smallest absolute Gasteiger partial charge is 0.119 e. The molecular formula is C12H20N2O. The van der Waals surface area contributed by atoms with Crippen molar-refractivity contribution in [3.63, 3.8) is 0 Å². The Morgan fingerprint density at radius 3 is 2.73 bits per heavy atom. The normalized spacial score (nSPS) is 14.7. The van der Waals surface area contributed by atoms with E-state index < -0.39 is 0 Å². The van der Waals surface area contributed by atoms with E-state index in [0.29, 0.717) is 12.5 Å². The summed E-state index contributed by atoms with van der Waals surface area (Å²) in [5.41, 5.74) is 12.8. The average molecular weight is 208 g/mol. The molecule has 0 aromatic heterocycles. The van der Waals surface area contributed by atoms with E-state index in [2.05, 4.69) is 6.92 Å². The molecule has 0 radical (unpaired) electrons. The Kier molecular flexibility index (Phi) is 4.59. The molecule has 0 amide bonds. The van der Waals surface area contributed by atoms with Crippen molar-refractivity contribution < 1.29 is 4.74 Å². The molecule has 3 heteroatoms. The fourth-order valence-corrected chi connectivity index (χ4v) is 1.62. The minimum Gasteiger partial charge on any atom is -0.497 e. The maximum Gasteiger partial charge on any atom is 0.119 e. The third kappa shape index (κ3) is 3.22. The highest BCUT2D eigenvalue weighted by Gasteiger charge is 2.14. The van der Waals surface area contributed by atoms with E-state index in [-0.39, 0.29) is 6.04 Å². The Morgan fingerprint density at radius 2 is 2.13 bits per heavy atom. The number of nitrogens with two attached hydrogens (primary N) is 2. The van der Waals surface area contributed by atoms with Crippen LogP contribution in [0, 0.1) is 5.92 Å². The van der Waals surface area contributed by atoms with Crippen LogP contribution >= 0.6 is 0 Å². The maximum absolute atomic E-state index is 6.14. The van der Waals surface area contributed by atoms with Gasteiger partial charge in [0.05, 0.1) is 7.11 Å². The average Bonchev–Trinajstić information content (AvgIpc) is 2.28. The van der Waals surface area contributed by atoms with Crippen molar-refractivity contribution in [2.24, 2.45) is 17.4 Å². The summed E-state index contributed by atoms with van der Waals surface area (Å²) in [7, 11) is 1.66. The highest BCUT2D eigenvalue weighted by atomic mass is 16.5. The van der Waals surface area contributed by atoms with Crippen LogP contribution in [-0.2, 0) is 0 Å². The van der Waals surface area contributed by atoms with Crippen LogP contribution in [0.5, 0.6) is 5.75 Å². The SMILES string of the molecule is COc1cccc(C(N)C(C)CCN)c1. The van der Waals surface area contributed by atoms with E-state index >= 15 is 0 Å². The lowest BCUT2D eigenvalue weighted by Crippen LogP contribution is -2.21. The second-order valence-electron chi connectivity index (χ2n) is 3.86. The number of hydrogen-bond donors (Lipinski definition) is 2. The van der Waals surface area contributed by atoms with Crippen LogP contribution in [0.3, 0.4) is 0 Å². The second-order valence-corrected chi connectivity index (χ2v) is 3.86. The molecule has 2 atom stereocenters. The molecule has 0 fully saturated rings. The molecule has 1 aromatic carbocycles. The lowest BCUT2D eigenvalue weighted by molar-refractivity contribution is 0.409. The van der Waals surface area contributed by atoms with Gasteiger partial charge < -0.3 is 16.2 Å². The van der Waals surface area contributed by atoms with Crippen molar-refractivity contribution in [1.82, 2.24) is 0 Å². The van der Waals surface area contributed by atoms with Crippen LogP contribution in [-0.4, -0.2) is 13.7 Å². The van der Waals surface area contributed by atoms with E-state index in [1.807, 2.05) is 24.3 Å². The molecule has 0 aliphatic heterocycles. The first kappa shape index (κ1) is 12.0. The predicted molar refractivity (Wildman–Crippen MR) is 62.8 cm³/mol. The highest BCUT2D eigenvalue weighted by molar-refractivity contribution is 5.30. The second kappa shape index (κ2) is 5.73. The summed E-state index contributed by atoms with van der Waals surface area (Å²) in [4.78, 5) is 0. The van der Waals surface area contributed by atoms with E-state index in [0.717, 1.165) is 17.7 Å². The first-order valence-electron chi connectivity index (χ1n) is 5.28. The molecule has 1 rings (SSSR count). The van der Waals surface area contributed by atoms with E-state index in [9.17, 15) is 0 Å². The van der Waals surface area contributed by atoms with E-state index in [1.165, 1.54) is 0 Å². The standard InChI is InChI=1S/C12H20N2O/c1-9(6-7-13)12(14)10-4-3-5-11(8-10)15-2/h3-5,8-9,12H,6-7,13-14H2,1-2H3. The van der Waals surface area contributed by atoms with Crippen molar-refractivity contribution in [2.45, 2.75) is 19.4 Å². The van der Waals surface area contributed by atoms with Gasteiger partial charge in [0.15, 0.2) is 0 Å². The fourth-order valence-electron chi connectivity index (χ4n) is 1.62. The third-order valence-corrected chi connectivity index (χ3v) is 2.71. The molecule has 0 heterocycles. The minimum atomic E-state index is 0.0312. The van der Waals surface area contributed by atoms with Gasteiger partial charge in [-0.1, -0.05) is 19.1 Å². The Morgan fingerprint density at radius 1 is 1.40 bits per heavy atom. The summed E-state index contributed by atoms with van der Waals surface area (Å²) in [5.74, 6) is 1.24. The Hall–Kier alpha value is -1.06. The largest absolute Gasteiger partial charge is 0.497 e. The lowest BCUT2D eigenvalue weighted by Gasteiger charge is -2.20. The van der Waals surface area contributed by atoms with Gasteiger partial charge in [-0.2, -0.15) is 0 Å². The monoisotopic (exact) mass is 208 g/mol. The number of methoxy groups -OCH3 is 1. The number of ether oxygens (including phenoxy) is 1. The van der Waals surface area contributed by atoms with Crippen molar-refractivity contribution >= 4 is 0 Å². The van der Waals surface area contributed by atoms with Crippen molar-refractivity contribution in [1.29, 1.82) is 0 Å². The molecule has 0 aliphatic carbocycles. The summed E-state index contributed by atoms with van der Waals surface area (Å²) in [6.07, 6.45) is 0.943. The van der Waals surface area contributed by atoms with Crippen LogP contribution in [0.2, 0.25) is 0 Å². The molecule has 0 aliphatic rings. The van der Waals surface area contributed by atoms with Crippen molar-refractivity contribution in [2.75, 3.05) is 13.7 Å². The molecule has 0 bridgehead atoms. The quantitative estimate of drug-likeness (QED) is 0.774. The molecular weight excluding hydrogens is 188 g/mol. The molecule has 3 nitrogen and oxygen atoms in total. The zero-order chi connectivity index (χ0) is 11.3. The zero-order valence-electron chi connectivity index (χ0n) is 9.44. The Bertz CT molecular complexity index is 301. The molecule has 15 heavy (non-hydrogen) atoms.